The minimum Gasteiger partial charge on any atom is -0.393 e. The summed E-state index contributed by atoms with van der Waals surface area (Å²) in [7, 11) is 0. The van der Waals surface area contributed by atoms with E-state index in [1.165, 1.54) is 6.07 Å². The van der Waals surface area contributed by atoms with Crippen molar-refractivity contribution in [3.05, 3.63) is 40.7 Å². The Bertz CT molecular complexity index is 666. The van der Waals surface area contributed by atoms with Gasteiger partial charge in [0.05, 0.1) is 16.4 Å². The molecule has 1 heterocycles. The van der Waals surface area contributed by atoms with Crippen molar-refractivity contribution in [2.75, 3.05) is 5.32 Å². The van der Waals surface area contributed by atoms with E-state index in [1.807, 2.05) is 0 Å². The first-order chi connectivity index (χ1) is 10.1. The summed E-state index contributed by atoms with van der Waals surface area (Å²) in [6.07, 6.45) is 6.42. The number of fused-ring (bicyclic) bond motifs is 1. The van der Waals surface area contributed by atoms with Crippen molar-refractivity contribution in [1.29, 1.82) is 0 Å². The highest BCUT2D eigenvalue weighted by molar-refractivity contribution is 5.99. The zero-order chi connectivity index (χ0) is 14.8. The molecule has 0 atom stereocenters. The molecule has 1 fully saturated rings. The number of pyridine rings is 1. The van der Waals surface area contributed by atoms with Crippen molar-refractivity contribution in [2.24, 2.45) is 0 Å². The van der Waals surface area contributed by atoms with E-state index in [0.717, 1.165) is 36.8 Å². The van der Waals surface area contributed by atoms with E-state index < -0.39 is 0 Å². The summed E-state index contributed by atoms with van der Waals surface area (Å²) in [6, 6.07) is 5.23. The van der Waals surface area contributed by atoms with E-state index in [4.69, 9.17) is 0 Å². The summed E-state index contributed by atoms with van der Waals surface area (Å²) in [5.41, 5.74) is 0.960. The predicted octanol–water partition coefficient (Wildman–Crippen LogP) is 2.86. The number of nitro groups is 1. The zero-order valence-corrected chi connectivity index (χ0v) is 11.5. The molecular formula is C15H17N3O3. The van der Waals surface area contributed by atoms with Crippen LogP contribution in [-0.4, -0.2) is 27.2 Å². The molecule has 2 aromatic rings. The number of non-ortho nitro benzene ring substituents is 1. The Morgan fingerprint density at radius 3 is 2.67 bits per heavy atom. The van der Waals surface area contributed by atoms with E-state index in [1.54, 1.807) is 24.5 Å². The second-order valence-corrected chi connectivity index (χ2v) is 5.46. The molecule has 1 aliphatic rings. The number of hydrogen-bond acceptors (Lipinski definition) is 5. The van der Waals surface area contributed by atoms with Crippen LogP contribution in [-0.2, 0) is 0 Å². The molecule has 1 aromatic heterocycles. The Morgan fingerprint density at radius 1 is 1.19 bits per heavy atom. The van der Waals surface area contributed by atoms with Gasteiger partial charge in [-0.2, -0.15) is 0 Å². The molecule has 1 aromatic carbocycles. The van der Waals surface area contributed by atoms with E-state index >= 15 is 0 Å². The number of nitro benzene ring substituents is 1. The van der Waals surface area contributed by atoms with Gasteiger partial charge in [0.25, 0.3) is 5.69 Å². The summed E-state index contributed by atoms with van der Waals surface area (Å²) >= 11 is 0. The average molecular weight is 287 g/mol. The largest absolute Gasteiger partial charge is 0.393 e. The maximum Gasteiger partial charge on any atom is 0.277 e. The second-order valence-electron chi connectivity index (χ2n) is 5.46. The van der Waals surface area contributed by atoms with Crippen LogP contribution in [0.1, 0.15) is 25.7 Å². The van der Waals surface area contributed by atoms with Crippen LogP contribution in [0, 0.1) is 10.1 Å². The van der Waals surface area contributed by atoms with Gasteiger partial charge < -0.3 is 10.4 Å². The molecule has 2 N–H and O–H groups in total. The quantitative estimate of drug-likeness (QED) is 0.669. The van der Waals surface area contributed by atoms with Crippen LogP contribution in [0.4, 0.5) is 11.4 Å². The molecule has 0 radical (unpaired) electrons. The zero-order valence-electron chi connectivity index (χ0n) is 11.5. The Morgan fingerprint density at radius 2 is 1.95 bits per heavy atom. The van der Waals surface area contributed by atoms with Gasteiger partial charge in [0, 0.05) is 35.6 Å². The van der Waals surface area contributed by atoms with E-state index in [2.05, 4.69) is 10.3 Å². The van der Waals surface area contributed by atoms with Gasteiger partial charge in [-0.25, -0.2) is 0 Å². The minimum absolute atomic E-state index is 0.0945. The third kappa shape index (κ3) is 2.80. The Hall–Kier alpha value is -2.21. The monoisotopic (exact) mass is 287 g/mol. The lowest BCUT2D eigenvalue weighted by atomic mass is 9.93. The summed E-state index contributed by atoms with van der Waals surface area (Å²) in [4.78, 5) is 14.8. The van der Waals surface area contributed by atoms with Crippen LogP contribution in [0.3, 0.4) is 0 Å². The number of hydrogen-bond donors (Lipinski definition) is 2. The predicted molar refractivity (Wildman–Crippen MR) is 80.3 cm³/mol. The van der Waals surface area contributed by atoms with Crippen LogP contribution >= 0.6 is 0 Å². The number of aromatic nitrogens is 1. The molecule has 1 aliphatic carbocycles. The molecule has 0 unspecified atom stereocenters. The fraction of sp³-hybridized carbons (Fsp3) is 0.400. The third-order valence-corrected chi connectivity index (χ3v) is 4.05. The molecule has 0 spiro atoms. The maximum absolute atomic E-state index is 11.1. The van der Waals surface area contributed by atoms with E-state index in [0.29, 0.717) is 11.4 Å². The molecule has 0 bridgehead atoms. The van der Waals surface area contributed by atoms with Gasteiger partial charge in [-0.15, -0.1) is 0 Å². The normalized spacial score (nSPS) is 22.1. The molecule has 0 amide bonds. The lowest BCUT2D eigenvalue weighted by Crippen LogP contribution is -2.28. The van der Waals surface area contributed by atoms with Gasteiger partial charge >= 0.3 is 0 Å². The van der Waals surface area contributed by atoms with Crippen molar-refractivity contribution in [2.45, 2.75) is 37.8 Å². The minimum atomic E-state index is -0.372. The molecule has 110 valence electrons. The fourth-order valence-corrected chi connectivity index (χ4v) is 2.90. The second kappa shape index (κ2) is 5.65. The number of anilines is 1. The van der Waals surface area contributed by atoms with Crippen LogP contribution in [0.25, 0.3) is 10.8 Å². The lowest BCUT2D eigenvalue weighted by molar-refractivity contribution is -0.383. The fourth-order valence-electron chi connectivity index (χ4n) is 2.90. The highest BCUT2D eigenvalue weighted by atomic mass is 16.6. The van der Waals surface area contributed by atoms with Crippen molar-refractivity contribution < 1.29 is 10.0 Å². The number of nitrogens with zero attached hydrogens (tertiary/aromatic N) is 2. The van der Waals surface area contributed by atoms with E-state index in [9.17, 15) is 15.2 Å². The summed E-state index contributed by atoms with van der Waals surface area (Å²) in [5.74, 6) is 0. The first-order valence-corrected chi connectivity index (χ1v) is 7.11. The van der Waals surface area contributed by atoms with Gasteiger partial charge in [-0.3, -0.25) is 15.1 Å². The first-order valence-electron chi connectivity index (χ1n) is 7.11. The molecule has 3 rings (SSSR count). The van der Waals surface area contributed by atoms with Crippen LogP contribution < -0.4 is 5.32 Å². The highest BCUT2D eigenvalue weighted by Gasteiger charge is 2.21. The average Bonchev–Trinajstić information content (AvgIpc) is 2.49. The number of benzene rings is 1. The van der Waals surface area contributed by atoms with Gasteiger partial charge in [-0.05, 0) is 37.8 Å². The van der Waals surface area contributed by atoms with Crippen molar-refractivity contribution >= 4 is 22.1 Å². The van der Waals surface area contributed by atoms with Gasteiger partial charge in [0.2, 0.25) is 0 Å². The van der Waals surface area contributed by atoms with Crippen molar-refractivity contribution in [1.82, 2.24) is 4.98 Å². The number of aliphatic hydroxyl groups excluding tert-OH is 1. The smallest absolute Gasteiger partial charge is 0.277 e. The Labute approximate surface area is 122 Å². The molecule has 6 nitrogen and oxygen atoms in total. The molecule has 6 heteroatoms. The summed E-state index contributed by atoms with van der Waals surface area (Å²) < 4.78 is 0. The van der Waals surface area contributed by atoms with Crippen LogP contribution in [0.15, 0.2) is 30.6 Å². The molecule has 1 saturated carbocycles. The highest BCUT2D eigenvalue weighted by Crippen LogP contribution is 2.32. The van der Waals surface area contributed by atoms with Gasteiger partial charge in [-0.1, -0.05) is 0 Å². The number of rotatable bonds is 3. The van der Waals surface area contributed by atoms with Crippen LogP contribution in [0.2, 0.25) is 0 Å². The molecule has 0 aliphatic heterocycles. The maximum atomic E-state index is 11.1. The standard InChI is InChI=1S/C15H17N3O3/c19-11-3-1-10(2-4-11)17-14-5-6-15(18(20)21)12-7-8-16-9-13(12)14/h5-11,17,19H,1-4H2. The number of nitrogens with one attached hydrogen (secondary N) is 1. The summed E-state index contributed by atoms with van der Waals surface area (Å²) in [6.45, 7) is 0. The van der Waals surface area contributed by atoms with Gasteiger partial charge in [0.1, 0.15) is 0 Å². The Kier molecular flexibility index (Phi) is 3.70. The van der Waals surface area contributed by atoms with Crippen molar-refractivity contribution in [3.8, 4) is 0 Å². The Balaban J connectivity index is 1.93. The third-order valence-electron chi connectivity index (χ3n) is 4.05. The first kappa shape index (κ1) is 13.8. The van der Waals surface area contributed by atoms with Gasteiger partial charge in [0.15, 0.2) is 0 Å². The van der Waals surface area contributed by atoms with Crippen molar-refractivity contribution in [3.63, 3.8) is 0 Å². The molecule has 0 saturated heterocycles. The SMILES string of the molecule is O=[N+]([O-])c1ccc(NC2CCC(O)CC2)c2cnccc12. The lowest BCUT2D eigenvalue weighted by Gasteiger charge is -2.27. The topological polar surface area (TPSA) is 88.3 Å². The summed E-state index contributed by atoms with van der Waals surface area (Å²) in [5, 5.41) is 25.4. The number of aliphatic hydroxyl groups is 1. The molecule has 21 heavy (non-hydrogen) atoms. The van der Waals surface area contributed by atoms with E-state index in [-0.39, 0.29) is 16.7 Å². The van der Waals surface area contributed by atoms with Crippen LogP contribution in [0.5, 0.6) is 0 Å². The molecular weight excluding hydrogens is 270 g/mol.